The van der Waals surface area contributed by atoms with Crippen molar-refractivity contribution in [2.75, 3.05) is 5.32 Å². The summed E-state index contributed by atoms with van der Waals surface area (Å²) in [5.74, 6) is -0.489. The van der Waals surface area contributed by atoms with Gasteiger partial charge in [-0.1, -0.05) is 27.3 Å². The predicted octanol–water partition coefficient (Wildman–Crippen LogP) is 3.55. The van der Waals surface area contributed by atoms with Gasteiger partial charge in [0.2, 0.25) is 5.91 Å². The molecule has 1 amide bonds. The van der Waals surface area contributed by atoms with E-state index < -0.39 is 4.32 Å². The number of halogens is 2. The summed E-state index contributed by atoms with van der Waals surface area (Å²) >= 11 is 4.51. The van der Waals surface area contributed by atoms with Gasteiger partial charge in [0.05, 0.1) is 14.5 Å². The number of rotatable bonds is 2. The van der Waals surface area contributed by atoms with Crippen LogP contribution in [0.25, 0.3) is 10.2 Å². The molecule has 0 radical (unpaired) electrons. The number of nitrogens with one attached hydrogen (secondary N) is 1. The number of thiazole rings is 1. The molecule has 0 saturated heterocycles. The molecule has 0 spiro atoms. The summed E-state index contributed by atoms with van der Waals surface area (Å²) in [6.07, 6.45) is 0. The van der Waals surface area contributed by atoms with E-state index in [9.17, 15) is 9.18 Å². The maximum atomic E-state index is 13.0. The molecule has 90 valence electrons. The molecule has 2 aromatic rings. The van der Waals surface area contributed by atoms with Crippen molar-refractivity contribution in [3.05, 3.63) is 24.0 Å². The third-order valence-electron chi connectivity index (χ3n) is 2.11. The Hall–Kier alpha value is -1.01. The second-order valence-electron chi connectivity index (χ2n) is 4.06. The van der Waals surface area contributed by atoms with Crippen molar-refractivity contribution in [2.24, 2.45) is 0 Å². The topological polar surface area (TPSA) is 42.0 Å². The lowest BCUT2D eigenvalue weighted by Crippen LogP contribution is -2.30. The molecule has 0 saturated carbocycles. The average molecular weight is 317 g/mol. The standard InChI is InChI=1S/C11H10BrFN2OS/c1-11(2,12)9(16)15-10-14-7-4-3-6(13)5-8(7)17-10/h3-5H,1-2H3,(H,14,15,16). The number of amides is 1. The van der Waals surface area contributed by atoms with Crippen molar-refractivity contribution >= 4 is 48.5 Å². The minimum atomic E-state index is -0.657. The van der Waals surface area contributed by atoms with Gasteiger partial charge in [-0.2, -0.15) is 0 Å². The molecule has 1 aromatic carbocycles. The minimum Gasteiger partial charge on any atom is -0.301 e. The Bertz CT molecular complexity index is 576. The summed E-state index contributed by atoms with van der Waals surface area (Å²) in [5, 5.41) is 3.17. The molecule has 0 aliphatic heterocycles. The zero-order chi connectivity index (χ0) is 12.6. The van der Waals surface area contributed by atoms with E-state index in [2.05, 4.69) is 26.2 Å². The summed E-state index contributed by atoms with van der Waals surface area (Å²) in [5.41, 5.74) is 0.680. The highest BCUT2D eigenvalue weighted by molar-refractivity contribution is 9.10. The van der Waals surface area contributed by atoms with Crippen molar-refractivity contribution in [3.8, 4) is 0 Å². The molecular formula is C11H10BrFN2OS. The van der Waals surface area contributed by atoms with Crippen LogP contribution in [0, 0.1) is 5.82 Å². The molecule has 0 aliphatic rings. The molecule has 3 nitrogen and oxygen atoms in total. The number of carbonyl (C=O) groups excluding carboxylic acids is 1. The first kappa shape index (κ1) is 12.4. The molecular weight excluding hydrogens is 307 g/mol. The third kappa shape index (κ3) is 2.81. The van der Waals surface area contributed by atoms with Crippen molar-refractivity contribution in [1.82, 2.24) is 4.98 Å². The molecule has 6 heteroatoms. The second-order valence-corrected chi connectivity index (χ2v) is 7.07. The largest absolute Gasteiger partial charge is 0.301 e. The highest BCUT2D eigenvalue weighted by Gasteiger charge is 2.24. The Morgan fingerprint density at radius 2 is 2.24 bits per heavy atom. The zero-order valence-corrected chi connectivity index (χ0v) is 11.7. The van der Waals surface area contributed by atoms with E-state index in [0.29, 0.717) is 15.3 Å². The van der Waals surface area contributed by atoms with Crippen molar-refractivity contribution in [1.29, 1.82) is 0 Å². The van der Waals surface area contributed by atoms with Gasteiger partial charge in [-0.15, -0.1) is 0 Å². The quantitative estimate of drug-likeness (QED) is 0.861. The van der Waals surface area contributed by atoms with Gasteiger partial charge >= 0.3 is 0 Å². The van der Waals surface area contributed by atoms with E-state index in [1.54, 1.807) is 19.9 Å². The van der Waals surface area contributed by atoms with Gasteiger partial charge < -0.3 is 5.32 Å². The lowest BCUT2D eigenvalue weighted by atomic mass is 10.2. The lowest BCUT2D eigenvalue weighted by molar-refractivity contribution is -0.117. The number of aromatic nitrogens is 1. The normalized spacial score (nSPS) is 11.8. The van der Waals surface area contributed by atoms with Crippen molar-refractivity contribution in [2.45, 2.75) is 18.2 Å². The van der Waals surface area contributed by atoms with Gasteiger partial charge in [-0.25, -0.2) is 9.37 Å². The number of fused-ring (bicyclic) bond motifs is 1. The molecule has 0 unspecified atom stereocenters. The first-order valence-electron chi connectivity index (χ1n) is 4.93. The number of alkyl halides is 1. The smallest absolute Gasteiger partial charge is 0.242 e. The first-order chi connectivity index (χ1) is 7.86. The zero-order valence-electron chi connectivity index (χ0n) is 9.25. The number of hydrogen-bond donors (Lipinski definition) is 1. The maximum Gasteiger partial charge on any atom is 0.242 e. The van der Waals surface area contributed by atoms with Crippen LogP contribution in [0.15, 0.2) is 18.2 Å². The number of nitrogens with zero attached hydrogens (tertiary/aromatic N) is 1. The average Bonchev–Trinajstić information content (AvgIpc) is 2.57. The minimum absolute atomic E-state index is 0.183. The van der Waals surface area contributed by atoms with Crippen LogP contribution < -0.4 is 5.32 Å². The fraction of sp³-hybridized carbons (Fsp3) is 0.273. The van der Waals surface area contributed by atoms with Gasteiger partial charge in [-0.05, 0) is 32.0 Å². The molecule has 1 heterocycles. The first-order valence-corrected chi connectivity index (χ1v) is 6.54. The Morgan fingerprint density at radius 1 is 1.53 bits per heavy atom. The SMILES string of the molecule is CC(C)(Br)C(=O)Nc1nc2ccc(F)cc2s1. The van der Waals surface area contributed by atoms with Crippen LogP contribution >= 0.6 is 27.3 Å². The second kappa shape index (κ2) is 4.34. The van der Waals surface area contributed by atoms with E-state index in [4.69, 9.17) is 0 Å². The lowest BCUT2D eigenvalue weighted by Gasteiger charge is -2.13. The highest BCUT2D eigenvalue weighted by Crippen LogP contribution is 2.28. The number of benzene rings is 1. The fourth-order valence-electron chi connectivity index (χ4n) is 1.20. The molecule has 17 heavy (non-hydrogen) atoms. The van der Waals surface area contributed by atoms with Crippen LogP contribution in [0.1, 0.15) is 13.8 Å². The highest BCUT2D eigenvalue weighted by atomic mass is 79.9. The molecule has 0 fully saturated rings. The summed E-state index contributed by atoms with van der Waals surface area (Å²) < 4.78 is 13.0. The van der Waals surface area contributed by atoms with Gasteiger partial charge in [-0.3, -0.25) is 4.79 Å². The fourth-order valence-corrected chi connectivity index (χ4v) is 2.18. The maximum absolute atomic E-state index is 13.0. The Morgan fingerprint density at radius 3 is 2.88 bits per heavy atom. The van der Waals surface area contributed by atoms with E-state index in [1.807, 2.05) is 0 Å². The summed E-state index contributed by atoms with van der Waals surface area (Å²) in [7, 11) is 0. The van der Waals surface area contributed by atoms with E-state index >= 15 is 0 Å². The number of hydrogen-bond acceptors (Lipinski definition) is 3. The molecule has 1 aromatic heterocycles. The number of anilines is 1. The van der Waals surface area contributed by atoms with Crippen LogP contribution in [0.3, 0.4) is 0 Å². The van der Waals surface area contributed by atoms with Gasteiger partial charge in [0, 0.05) is 0 Å². The molecule has 1 N–H and O–H groups in total. The summed E-state index contributed by atoms with van der Waals surface area (Å²) in [6, 6.07) is 4.35. The monoisotopic (exact) mass is 316 g/mol. The summed E-state index contributed by atoms with van der Waals surface area (Å²) in [6.45, 7) is 3.49. The van der Waals surface area contributed by atoms with Gasteiger partial charge in [0.1, 0.15) is 5.82 Å². The van der Waals surface area contributed by atoms with Gasteiger partial charge in [0.25, 0.3) is 0 Å². The third-order valence-corrected chi connectivity index (χ3v) is 3.40. The number of carbonyl (C=O) groups is 1. The Kier molecular flexibility index (Phi) is 3.18. The molecule has 2 rings (SSSR count). The van der Waals surface area contributed by atoms with Crippen LogP contribution in [0.5, 0.6) is 0 Å². The van der Waals surface area contributed by atoms with Crippen LogP contribution in [-0.4, -0.2) is 15.2 Å². The van der Waals surface area contributed by atoms with Crippen LogP contribution in [-0.2, 0) is 4.79 Å². The molecule has 0 atom stereocenters. The van der Waals surface area contributed by atoms with E-state index in [0.717, 1.165) is 0 Å². The summed E-state index contributed by atoms with van der Waals surface area (Å²) in [4.78, 5) is 15.9. The van der Waals surface area contributed by atoms with Crippen LogP contribution in [0.2, 0.25) is 0 Å². The molecule has 0 bridgehead atoms. The van der Waals surface area contributed by atoms with Crippen molar-refractivity contribution < 1.29 is 9.18 Å². The Balaban J connectivity index is 2.29. The Labute approximate surface area is 110 Å². The molecule has 0 aliphatic carbocycles. The van der Waals surface area contributed by atoms with Gasteiger partial charge in [0.15, 0.2) is 5.13 Å². The van der Waals surface area contributed by atoms with E-state index in [1.165, 1.54) is 23.5 Å². The van der Waals surface area contributed by atoms with E-state index in [-0.39, 0.29) is 11.7 Å². The van der Waals surface area contributed by atoms with Crippen LogP contribution in [0.4, 0.5) is 9.52 Å². The van der Waals surface area contributed by atoms with Crippen molar-refractivity contribution in [3.63, 3.8) is 0 Å². The predicted molar refractivity (Wildman–Crippen MR) is 71.2 cm³/mol.